The van der Waals surface area contributed by atoms with E-state index in [4.69, 9.17) is 0 Å². The first kappa shape index (κ1) is 17.1. The Morgan fingerprint density at radius 2 is 2.05 bits per heavy atom. The van der Waals surface area contributed by atoms with Crippen molar-refractivity contribution in [2.75, 3.05) is 6.54 Å². The van der Waals surface area contributed by atoms with E-state index in [0.717, 1.165) is 24.9 Å². The number of hydrogen-bond acceptors (Lipinski definition) is 2. The first-order valence-corrected chi connectivity index (χ1v) is 9.34. The van der Waals surface area contributed by atoms with Gasteiger partial charge in [0.2, 0.25) is 0 Å². The molecular weight excluding hydrogens is 417 g/mol. The van der Waals surface area contributed by atoms with Gasteiger partial charge in [-0.05, 0) is 87.5 Å². The molecule has 0 amide bonds. The molecule has 5 heteroatoms. The average molecular weight is 435 g/mol. The van der Waals surface area contributed by atoms with Crippen molar-refractivity contribution in [3.63, 3.8) is 0 Å². The summed E-state index contributed by atoms with van der Waals surface area (Å²) in [7, 11) is 0. The van der Waals surface area contributed by atoms with E-state index in [1.807, 2.05) is 12.1 Å². The first-order valence-electron chi connectivity index (χ1n) is 6.94. The van der Waals surface area contributed by atoms with Gasteiger partial charge in [0.25, 0.3) is 0 Å². The maximum atomic E-state index is 13.4. The molecule has 1 N–H and O–H groups in total. The van der Waals surface area contributed by atoms with E-state index in [1.165, 1.54) is 20.3 Å². The molecule has 0 bridgehead atoms. The molecular formula is C16H18Br2FNS. The van der Waals surface area contributed by atoms with Crippen LogP contribution in [0, 0.1) is 12.7 Å². The second-order valence-corrected chi connectivity index (χ2v) is 8.32. The van der Waals surface area contributed by atoms with E-state index >= 15 is 0 Å². The lowest BCUT2D eigenvalue weighted by Gasteiger charge is -2.17. The molecule has 1 atom stereocenters. The molecule has 0 aliphatic carbocycles. The lowest BCUT2D eigenvalue weighted by molar-refractivity contribution is 0.535. The maximum absolute atomic E-state index is 13.4. The van der Waals surface area contributed by atoms with Crippen molar-refractivity contribution in [3.8, 4) is 0 Å². The summed E-state index contributed by atoms with van der Waals surface area (Å²) >= 11 is 8.62. The van der Waals surface area contributed by atoms with Gasteiger partial charge in [0, 0.05) is 10.9 Å². The third kappa shape index (κ3) is 4.62. The van der Waals surface area contributed by atoms with Crippen LogP contribution in [-0.4, -0.2) is 6.54 Å². The van der Waals surface area contributed by atoms with Crippen LogP contribution in [0.5, 0.6) is 0 Å². The van der Waals surface area contributed by atoms with Crippen molar-refractivity contribution in [2.45, 2.75) is 32.7 Å². The highest BCUT2D eigenvalue weighted by Crippen LogP contribution is 2.33. The van der Waals surface area contributed by atoms with Gasteiger partial charge in [-0.1, -0.05) is 13.0 Å². The molecule has 1 nitrogen and oxygen atoms in total. The smallest absolute Gasteiger partial charge is 0.137 e. The van der Waals surface area contributed by atoms with Gasteiger partial charge in [-0.3, -0.25) is 0 Å². The third-order valence-electron chi connectivity index (χ3n) is 3.28. The molecule has 0 spiro atoms. The van der Waals surface area contributed by atoms with E-state index in [1.54, 1.807) is 11.3 Å². The Bertz CT molecular complexity index is 593. The van der Waals surface area contributed by atoms with E-state index < -0.39 is 0 Å². The van der Waals surface area contributed by atoms with Gasteiger partial charge >= 0.3 is 0 Å². The molecule has 0 aliphatic heterocycles. The topological polar surface area (TPSA) is 12.0 Å². The molecule has 0 fully saturated rings. The molecule has 0 saturated carbocycles. The molecule has 2 aromatic rings. The predicted octanol–water partition coefficient (Wildman–Crippen LogP) is 6.00. The van der Waals surface area contributed by atoms with Crippen LogP contribution in [0.3, 0.4) is 0 Å². The van der Waals surface area contributed by atoms with Crippen LogP contribution in [-0.2, 0) is 6.42 Å². The predicted molar refractivity (Wildman–Crippen MR) is 95.6 cm³/mol. The molecule has 1 aromatic carbocycles. The lowest BCUT2D eigenvalue weighted by atomic mass is 10.0. The van der Waals surface area contributed by atoms with E-state index in [-0.39, 0.29) is 11.9 Å². The monoisotopic (exact) mass is 433 g/mol. The fraction of sp³-hybridized carbons (Fsp3) is 0.375. The van der Waals surface area contributed by atoms with Gasteiger partial charge in [0.1, 0.15) is 5.82 Å². The summed E-state index contributed by atoms with van der Waals surface area (Å²) in [5.41, 5.74) is 2.39. The summed E-state index contributed by atoms with van der Waals surface area (Å²) in [6.07, 6.45) is 1.94. The number of nitrogens with one attached hydrogen (secondary N) is 1. The standard InChI is InChI=1S/C16H18Br2FNS/c1-3-6-20-14(15-7-10(2)16(18)21-15)9-11-4-5-13(19)12(17)8-11/h4-5,7-8,14,20H,3,6,9H2,1-2H3. The minimum atomic E-state index is -0.216. The molecule has 2 rings (SSSR count). The highest BCUT2D eigenvalue weighted by atomic mass is 79.9. The SMILES string of the molecule is CCCNC(Cc1ccc(F)c(Br)c1)c1cc(C)c(Br)s1. The van der Waals surface area contributed by atoms with Gasteiger partial charge in [0.05, 0.1) is 8.26 Å². The highest BCUT2D eigenvalue weighted by Gasteiger charge is 2.16. The second-order valence-electron chi connectivity index (χ2n) is 5.06. The number of aryl methyl sites for hydroxylation is 1. The number of rotatable bonds is 6. The first-order chi connectivity index (χ1) is 10.0. The molecule has 1 aromatic heterocycles. The number of thiophene rings is 1. The van der Waals surface area contributed by atoms with Gasteiger partial charge in [-0.25, -0.2) is 4.39 Å². The summed E-state index contributed by atoms with van der Waals surface area (Å²) in [4.78, 5) is 1.31. The van der Waals surface area contributed by atoms with Crippen molar-refractivity contribution in [2.24, 2.45) is 0 Å². The maximum Gasteiger partial charge on any atom is 0.137 e. The van der Waals surface area contributed by atoms with Crippen molar-refractivity contribution in [1.29, 1.82) is 0 Å². The molecule has 21 heavy (non-hydrogen) atoms. The Balaban J connectivity index is 2.21. The molecule has 0 radical (unpaired) electrons. The fourth-order valence-electron chi connectivity index (χ4n) is 2.15. The van der Waals surface area contributed by atoms with Crippen LogP contribution in [0.4, 0.5) is 4.39 Å². The molecule has 114 valence electrons. The van der Waals surface area contributed by atoms with Crippen LogP contribution in [0.25, 0.3) is 0 Å². The van der Waals surface area contributed by atoms with Crippen LogP contribution >= 0.6 is 43.2 Å². The number of benzene rings is 1. The van der Waals surface area contributed by atoms with Gasteiger partial charge in [-0.2, -0.15) is 0 Å². The van der Waals surface area contributed by atoms with Gasteiger partial charge in [-0.15, -0.1) is 11.3 Å². The van der Waals surface area contributed by atoms with E-state index in [2.05, 4.69) is 57.1 Å². The van der Waals surface area contributed by atoms with Crippen LogP contribution < -0.4 is 5.32 Å². The lowest BCUT2D eigenvalue weighted by Crippen LogP contribution is -2.23. The Labute approximate surface area is 146 Å². The highest BCUT2D eigenvalue weighted by molar-refractivity contribution is 9.11. The van der Waals surface area contributed by atoms with Crippen molar-refractivity contribution < 1.29 is 4.39 Å². The summed E-state index contributed by atoms with van der Waals surface area (Å²) in [6.45, 7) is 5.24. The molecule has 0 saturated heterocycles. The minimum Gasteiger partial charge on any atom is -0.309 e. The van der Waals surface area contributed by atoms with Crippen molar-refractivity contribution >= 4 is 43.2 Å². The summed E-state index contributed by atoms with van der Waals surface area (Å²) in [6, 6.07) is 7.73. The summed E-state index contributed by atoms with van der Waals surface area (Å²) in [5.74, 6) is -0.216. The second kappa shape index (κ2) is 7.86. The average Bonchev–Trinajstić information content (AvgIpc) is 2.78. The molecule has 1 heterocycles. The van der Waals surface area contributed by atoms with Gasteiger partial charge < -0.3 is 5.32 Å². The Morgan fingerprint density at radius 3 is 2.62 bits per heavy atom. The zero-order valence-corrected chi connectivity index (χ0v) is 16.0. The Kier molecular flexibility index (Phi) is 6.41. The quantitative estimate of drug-likeness (QED) is 0.587. The van der Waals surface area contributed by atoms with Crippen molar-refractivity contribution in [1.82, 2.24) is 5.32 Å². The molecule has 1 unspecified atom stereocenters. The minimum absolute atomic E-state index is 0.216. The normalized spacial score (nSPS) is 12.6. The zero-order chi connectivity index (χ0) is 15.4. The summed E-state index contributed by atoms with van der Waals surface area (Å²) in [5, 5.41) is 3.59. The summed E-state index contributed by atoms with van der Waals surface area (Å²) < 4.78 is 15.1. The van der Waals surface area contributed by atoms with Crippen LogP contribution in [0.15, 0.2) is 32.5 Å². The number of hydrogen-bond donors (Lipinski definition) is 1. The van der Waals surface area contributed by atoms with Crippen molar-refractivity contribution in [3.05, 3.63) is 54.3 Å². The Morgan fingerprint density at radius 1 is 1.29 bits per heavy atom. The van der Waals surface area contributed by atoms with Crippen LogP contribution in [0.2, 0.25) is 0 Å². The largest absolute Gasteiger partial charge is 0.309 e. The van der Waals surface area contributed by atoms with E-state index in [9.17, 15) is 4.39 Å². The van der Waals surface area contributed by atoms with E-state index in [0.29, 0.717) is 4.47 Å². The zero-order valence-electron chi connectivity index (χ0n) is 12.1. The van der Waals surface area contributed by atoms with Crippen LogP contribution in [0.1, 0.15) is 35.4 Å². The molecule has 0 aliphatic rings. The fourth-order valence-corrected chi connectivity index (χ4v) is 4.22. The third-order valence-corrected chi connectivity index (χ3v) is 6.14. The Hall–Kier alpha value is -0.230. The van der Waals surface area contributed by atoms with Gasteiger partial charge in [0.15, 0.2) is 0 Å². The number of halogens is 3.